The summed E-state index contributed by atoms with van der Waals surface area (Å²) < 4.78 is 8.31. The number of aromatic nitrogens is 2. The van der Waals surface area contributed by atoms with Crippen LogP contribution in [0.25, 0.3) is 22.6 Å². The molecule has 154 valence electrons. The van der Waals surface area contributed by atoms with Crippen LogP contribution < -0.4 is 9.64 Å². The summed E-state index contributed by atoms with van der Waals surface area (Å²) in [5, 5.41) is 0. The summed E-state index contributed by atoms with van der Waals surface area (Å²) in [5.41, 5.74) is 4.35. The lowest BCUT2D eigenvalue weighted by Gasteiger charge is -2.19. The Morgan fingerprint density at radius 1 is 0.774 bits per heavy atom. The van der Waals surface area contributed by atoms with Crippen molar-refractivity contribution in [2.75, 3.05) is 18.6 Å². The van der Waals surface area contributed by atoms with Crippen LogP contribution in [-0.4, -0.2) is 28.2 Å². The number of hydrogen-bond acceptors (Lipinski definition) is 4. The second-order valence-electron chi connectivity index (χ2n) is 7.69. The Bertz CT molecular complexity index is 1230. The van der Waals surface area contributed by atoms with E-state index in [0.29, 0.717) is 0 Å². The van der Waals surface area contributed by atoms with Crippen molar-refractivity contribution in [1.29, 1.82) is 0 Å². The summed E-state index contributed by atoms with van der Waals surface area (Å²) in [6.07, 6.45) is 6.06. The van der Waals surface area contributed by atoms with E-state index in [0.717, 1.165) is 46.5 Å². The molecule has 4 aromatic rings. The molecule has 0 radical (unpaired) electrons. The average Bonchev–Trinajstić information content (AvgIpc) is 3.40. The maximum Gasteiger partial charge on any atom is 0.140 e. The van der Waals surface area contributed by atoms with E-state index in [1.807, 2.05) is 61.8 Å². The van der Waals surface area contributed by atoms with E-state index in [4.69, 9.17) is 4.74 Å². The number of hydrogen-bond donors (Lipinski definition) is 0. The Morgan fingerprint density at radius 2 is 1.52 bits per heavy atom. The van der Waals surface area contributed by atoms with Gasteiger partial charge in [0.15, 0.2) is 0 Å². The zero-order chi connectivity index (χ0) is 21.2. The molecule has 5 heteroatoms. The van der Waals surface area contributed by atoms with E-state index in [9.17, 15) is 0 Å². The van der Waals surface area contributed by atoms with Crippen LogP contribution in [0, 0.1) is 0 Å². The van der Waals surface area contributed by atoms with Crippen LogP contribution in [0.5, 0.6) is 11.5 Å². The van der Waals surface area contributed by atoms with Crippen molar-refractivity contribution in [2.45, 2.75) is 0 Å². The predicted octanol–water partition coefficient (Wildman–Crippen LogP) is 5.73. The van der Waals surface area contributed by atoms with Crippen molar-refractivity contribution in [3.8, 4) is 34.1 Å². The molecule has 5 nitrogen and oxygen atoms in total. The van der Waals surface area contributed by atoms with Crippen molar-refractivity contribution in [3.05, 3.63) is 97.5 Å². The molecule has 0 unspecified atom stereocenters. The Labute approximate surface area is 182 Å². The maximum atomic E-state index is 6.20. The van der Waals surface area contributed by atoms with Gasteiger partial charge in [-0.3, -0.25) is 0 Å². The number of benzene rings is 3. The van der Waals surface area contributed by atoms with Gasteiger partial charge < -0.3 is 19.1 Å². The van der Waals surface area contributed by atoms with Crippen LogP contribution in [0.15, 0.2) is 97.5 Å². The highest BCUT2D eigenvalue weighted by Crippen LogP contribution is 2.31. The van der Waals surface area contributed by atoms with Gasteiger partial charge in [0.2, 0.25) is 0 Å². The molecule has 3 aromatic carbocycles. The molecule has 31 heavy (non-hydrogen) atoms. The van der Waals surface area contributed by atoms with E-state index in [-0.39, 0.29) is 0 Å². The molecule has 5 rings (SSSR count). The minimum Gasteiger partial charge on any atom is -0.457 e. The highest BCUT2D eigenvalue weighted by molar-refractivity contribution is 5.66. The Morgan fingerprint density at radius 3 is 2.29 bits per heavy atom. The first-order valence-electron chi connectivity index (χ1n) is 10.3. The summed E-state index contributed by atoms with van der Waals surface area (Å²) in [5.74, 6) is 2.50. The number of rotatable bonds is 5. The molecule has 0 bridgehead atoms. The molecular formula is C26H24N4O. The molecule has 1 aliphatic heterocycles. The zero-order valence-corrected chi connectivity index (χ0v) is 17.6. The van der Waals surface area contributed by atoms with Gasteiger partial charge in [-0.1, -0.05) is 48.5 Å². The number of imidazole rings is 1. The number of ether oxygens (including phenoxy) is 1. The maximum absolute atomic E-state index is 6.20. The zero-order valence-electron chi connectivity index (χ0n) is 17.6. The molecule has 0 aliphatic carbocycles. The van der Waals surface area contributed by atoms with Crippen LogP contribution in [0.2, 0.25) is 0 Å². The van der Waals surface area contributed by atoms with Crippen LogP contribution >= 0.6 is 0 Å². The summed E-state index contributed by atoms with van der Waals surface area (Å²) in [4.78, 5) is 8.99. The normalized spacial score (nSPS) is 13.1. The largest absolute Gasteiger partial charge is 0.457 e. The summed E-state index contributed by atoms with van der Waals surface area (Å²) >= 11 is 0. The van der Waals surface area contributed by atoms with Gasteiger partial charge in [0, 0.05) is 43.8 Å². The minimum atomic E-state index is 0.785. The van der Waals surface area contributed by atoms with E-state index >= 15 is 0 Å². The van der Waals surface area contributed by atoms with Gasteiger partial charge in [-0.2, -0.15) is 0 Å². The van der Waals surface area contributed by atoms with Gasteiger partial charge in [-0.05, 0) is 29.8 Å². The predicted molar refractivity (Wildman–Crippen MR) is 125 cm³/mol. The van der Waals surface area contributed by atoms with E-state index in [2.05, 4.69) is 69.1 Å². The fourth-order valence-electron chi connectivity index (χ4n) is 3.81. The third-order valence-electron chi connectivity index (χ3n) is 5.41. The molecule has 0 N–H and O–H groups in total. The molecule has 0 saturated heterocycles. The van der Waals surface area contributed by atoms with E-state index in [1.54, 1.807) is 0 Å². The first-order chi connectivity index (χ1) is 15.2. The summed E-state index contributed by atoms with van der Waals surface area (Å²) in [6, 6.07) is 26.5. The molecule has 0 spiro atoms. The summed E-state index contributed by atoms with van der Waals surface area (Å²) in [7, 11) is 4.10. The molecule has 0 atom stereocenters. The standard InChI is InChI=1S/C26H24N4O/c1-28-14-15-30(19-28)22-11-7-13-24(17-22)31-23-12-6-10-21(16-23)26-27-18-25(29(26)2)20-8-4-3-5-9-20/h3-18H,19H2,1-2H3. The lowest BCUT2D eigenvalue weighted by molar-refractivity contribution is 0.481. The highest BCUT2D eigenvalue weighted by Gasteiger charge is 2.13. The first-order valence-corrected chi connectivity index (χ1v) is 10.3. The van der Waals surface area contributed by atoms with Gasteiger partial charge in [-0.15, -0.1) is 0 Å². The molecule has 1 aliphatic rings. The van der Waals surface area contributed by atoms with Gasteiger partial charge >= 0.3 is 0 Å². The van der Waals surface area contributed by atoms with Gasteiger partial charge in [0.05, 0.1) is 18.6 Å². The molecular weight excluding hydrogens is 384 g/mol. The topological polar surface area (TPSA) is 33.5 Å². The Kier molecular flexibility index (Phi) is 4.92. The fraction of sp³-hybridized carbons (Fsp3) is 0.115. The molecule has 0 fully saturated rings. The van der Waals surface area contributed by atoms with Crippen molar-refractivity contribution < 1.29 is 4.74 Å². The van der Waals surface area contributed by atoms with Crippen LogP contribution in [0.1, 0.15) is 0 Å². The average molecular weight is 409 g/mol. The van der Waals surface area contributed by atoms with Gasteiger partial charge in [-0.25, -0.2) is 4.98 Å². The van der Waals surface area contributed by atoms with Gasteiger partial charge in [0.25, 0.3) is 0 Å². The molecule has 0 amide bonds. The highest BCUT2D eigenvalue weighted by atomic mass is 16.5. The lowest BCUT2D eigenvalue weighted by atomic mass is 10.1. The second kappa shape index (κ2) is 8.03. The Hall–Kier alpha value is -3.99. The van der Waals surface area contributed by atoms with Crippen LogP contribution in [0.3, 0.4) is 0 Å². The minimum absolute atomic E-state index is 0.785. The van der Waals surface area contributed by atoms with Crippen molar-refractivity contribution >= 4 is 5.69 Å². The Balaban J connectivity index is 1.40. The summed E-state index contributed by atoms with van der Waals surface area (Å²) in [6.45, 7) is 0.835. The first kappa shape index (κ1) is 19.0. The van der Waals surface area contributed by atoms with E-state index in [1.165, 1.54) is 0 Å². The van der Waals surface area contributed by atoms with Crippen molar-refractivity contribution in [2.24, 2.45) is 7.05 Å². The van der Waals surface area contributed by atoms with Gasteiger partial charge in [0.1, 0.15) is 17.3 Å². The third-order valence-corrected chi connectivity index (χ3v) is 5.41. The monoisotopic (exact) mass is 408 g/mol. The fourth-order valence-corrected chi connectivity index (χ4v) is 3.81. The molecule has 1 aromatic heterocycles. The van der Waals surface area contributed by atoms with Crippen molar-refractivity contribution in [3.63, 3.8) is 0 Å². The smallest absolute Gasteiger partial charge is 0.140 e. The van der Waals surface area contributed by atoms with E-state index < -0.39 is 0 Å². The second-order valence-corrected chi connectivity index (χ2v) is 7.69. The van der Waals surface area contributed by atoms with Crippen LogP contribution in [0.4, 0.5) is 5.69 Å². The number of anilines is 1. The quantitative estimate of drug-likeness (QED) is 0.422. The number of nitrogens with zero attached hydrogens (tertiary/aromatic N) is 4. The van der Waals surface area contributed by atoms with Crippen LogP contribution in [-0.2, 0) is 7.05 Å². The van der Waals surface area contributed by atoms with Crippen molar-refractivity contribution in [1.82, 2.24) is 14.5 Å². The molecule has 0 saturated carbocycles. The lowest BCUT2D eigenvalue weighted by Crippen LogP contribution is -2.21. The molecule has 2 heterocycles. The SMILES string of the molecule is CN1C=CN(c2cccc(Oc3cccc(-c4ncc(-c5ccccc5)n4C)c3)c2)C1. The third kappa shape index (κ3) is 3.90.